The van der Waals surface area contributed by atoms with Crippen LogP contribution in [0.2, 0.25) is 0 Å². The number of rotatable bonds is 10. The van der Waals surface area contributed by atoms with Gasteiger partial charge in [0.25, 0.3) is 5.91 Å². The molecule has 3 amide bonds. The Bertz CT molecular complexity index is 1160. The summed E-state index contributed by atoms with van der Waals surface area (Å²) in [5.74, 6) is -1.62. The molecular weight excluding hydrogens is 446 g/mol. The molecule has 0 bridgehead atoms. The Labute approximate surface area is 203 Å². The number of benzene rings is 2. The average Bonchev–Trinajstić information content (AvgIpc) is 3.53. The van der Waals surface area contributed by atoms with Crippen LogP contribution in [0.4, 0.5) is 0 Å². The van der Waals surface area contributed by atoms with Gasteiger partial charge < -0.3 is 20.0 Å². The van der Waals surface area contributed by atoms with E-state index < -0.39 is 29.7 Å². The third-order valence-electron chi connectivity index (χ3n) is 5.97. The molecule has 35 heavy (non-hydrogen) atoms. The van der Waals surface area contributed by atoms with Crippen molar-refractivity contribution in [2.75, 3.05) is 0 Å². The number of ketones is 1. The predicted octanol–water partition coefficient (Wildman–Crippen LogP) is 2.38. The summed E-state index contributed by atoms with van der Waals surface area (Å²) in [4.78, 5) is 53.0. The highest BCUT2D eigenvalue weighted by Gasteiger charge is 2.38. The van der Waals surface area contributed by atoms with E-state index in [-0.39, 0.29) is 25.3 Å². The second-order valence-electron chi connectivity index (χ2n) is 8.44. The molecule has 2 aromatic carbocycles. The van der Waals surface area contributed by atoms with Crippen LogP contribution in [0.3, 0.4) is 0 Å². The van der Waals surface area contributed by atoms with Crippen molar-refractivity contribution in [3.8, 4) is 0 Å². The normalized spacial score (nSPS) is 16.1. The van der Waals surface area contributed by atoms with Crippen molar-refractivity contribution in [3.05, 3.63) is 95.9 Å². The van der Waals surface area contributed by atoms with Crippen molar-refractivity contribution < 1.29 is 23.6 Å². The van der Waals surface area contributed by atoms with Gasteiger partial charge in [0.05, 0.1) is 12.8 Å². The maximum atomic E-state index is 13.3. The molecule has 8 heteroatoms. The number of nitrogens with zero attached hydrogens (tertiary/aromatic N) is 1. The van der Waals surface area contributed by atoms with Crippen LogP contribution in [0.25, 0.3) is 0 Å². The zero-order valence-electron chi connectivity index (χ0n) is 19.2. The maximum Gasteiger partial charge on any atom is 0.289 e. The topological polar surface area (TPSA) is 109 Å². The Morgan fingerprint density at radius 1 is 0.943 bits per heavy atom. The predicted molar refractivity (Wildman–Crippen MR) is 128 cm³/mol. The number of amides is 3. The monoisotopic (exact) mass is 473 g/mol. The lowest BCUT2D eigenvalue weighted by Crippen LogP contribution is -2.53. The van der Waals surface area contributed by atoms with Crippen LogP contribution in [0, 0.1) is 0 Å². The Balaban J connectivity index is 1.47. The van der Waals surface area contributed by atoms with E-state index in [1.54, 1.807) is 12.1 Å². The molecule has 2 N–H and O–H groups in total. The number of hydrogen-bond acceptors (Lipinski definition) is 5. The van der Waals surface area contributed by atoms with E-state index in [9.17, 15) is 19.2 Å². The van der Waals surface area contributed by atoms with Gasteiger partial charge in [-0.15, -0.1) is 0 Å². The van der Waals surface area contributed by atoms with E-state index in [1.165, 1.54) is 11.2 Å². The quantitative estimate of drug-likeness (QED) is 0.440. The van der Waals surface area contributed by atoms with E-state index in [0.29, 0.717) is 18.7 Å². The van der Waals surface area contributed by atoms with Crippen molar-refractivity contribution in [2.24, 2.45) is 0 Å². The molecule has 8 nitrogen and oxygen atoms in total. The molecule has 0 spiro atoms. The fourth-order valence-electron chi connectivity index (χ4n) is 4.14. The van der Waals surface area contributed by atoms with Crippen LogP contribution in [-0.4, -0.2) is 40.5 Å². The van der Waals surface area contributed by atoms with Gasteiger partial charge in [0.15, 0.2) is 0 Å². The van der Waals surface area contributed by atoms with Crippen molar-refractivity contribution in [1.29, 1.82) is 0 Å². The summed E-state index contributed by atoms with van der Waals surface area (Å²) in [5, 5.41) is 5.30. The van der Waals surface area contributed by atoms with E-state index in [4.69, 9.17) is 4.42 Å². The van der Waals surface area contributed by atoms with Crippen LogP contribution in [0.15, 0.2) is 83.5 Å². The van der Waals surface area contributed by atoms with E-state index >= 15 is 0 Å². The second kappa shape index (κ2) is 11.3. The molecule has 1 unspecified atom stereocenters. The van der Waals surface area contributed by atoms with Crippen molar-refractivity contribution in [3.63, 3.8) is 0 Å². The molecule has 1 aliphatic rings. The number of nitrogens with one attached hydrogen (secondary N) is 2. The smallest absolute Gasteiger partial charge is 0.289 e. The lowest BCUT2D eigenvalue weighted by Gasteiger charge is -2.26. The van der Waals surface area contributed by atoms with Gasteiger partial charge in [0.1, 0.15) is 17.8 Å². The van der Waals surface area contributed by atoms with Gasteiger partial charge in [-0.2, -0.15) is 0 Å². The minimum Gasteiger partial charge on any atom is -0.467 e. The fraction of sp³-hybridized carbons (Fsp3) is 0.259. The highest BCUT2D eigenvalue weighted by atomic mass is 16.3. The van der Waals surface area contributed by atoms with Crippen LogP contribution < -0.4 is 10.6 Å². The first-order valence-corrected chi connectivity index (χ1v) is 11.5. The summed E-state index contributed by atoms with van der Waals surface area (Å²) in [6, 6.07) is 20.2. The minimum absolute atomic E-state index is 0.0611. The summed E-state index contributed by atoms with van der Waals surface area (Å²) in [5.41, 5.74) is 1.71. The second-order valence-corrected chi connectivity index (χ2v) is 8.44. The van der Waals surface area contributed by atoms with Crippen LogP contribution in [0.1, 0.15) is 29.7 Å². The number of hydrogen-bond donors (Lipinski definition) is 2. The van der Waals surface area contributed by atoms with Crippen LogP contribution >= 0.6 is 0 Å². The van der Waals surface area contributed by atoms with Crippen molar-refractivity contribution in [1.82, 2.24) is 15.5 Å². The molecule has 180 valence electrons. The van der Waals surface area contributed by atoms with Crippen molar-refractivity contribution in [2.45, 2.75) is 44.4 Å². The molecule has 1 saturated heterocycles. The molecule has 1 aromatic heterocycles. The lowest BCUT2D eigenvalue weighted by molar-refractivity contribution is -0.141. The molecule has 0 radical (unpaired) electrons. The summed E-state index contributed by atoms with van der Waals surface area (Å²) in [7, 11) is 0. The molecule has 2 atom stereocenters. The Hall–Kier alpha value is -4.20. The number of carbonyl (C=O) groups excluding carboxylic acids is 4. The highest BCUT2D eigenvalue weighted by molar-refractivity contribution is 6.38. The van der Waals surface area contributed by atoms with Gasteiger partial charge >= 0.3 is 0 Å². The first-order chi connectivity index (χ1) is 17.0. The SMILES string of the molecule is O=C(NCc1ccco1)C(=O)C(Cc1ccccc1)NC(=O)[C@@H]1CCC(=O)N1Cc1ccccc1. The number of carbonyl (C=O) groups is 4. The first-order valence-electron chi connectivity index (χ1n) is 11.5. The largest absolute Gasteiger partial charge is 0.467 e. The van der Waals surface area contributed by atoms with Gasteiger partial charge in [-0.25, -0.2) is 0 Å². The highest BCUT2D eigenvalue weighted by Crippen LogP contribution is 2.22. The number of Topliss-reactive ketones (excluding diaryl/α,β-unsaturated/α-hetero) is 1. The summed E-state index contributed by atoms with van der Waals surface area (Å²) in [6.45, 7) is 0.365. The van der Waals surface area contributed by atoms with E-state index in [2.05, 4.69) is 10.6 Å². The summed E-state index contributed by atoms with van der Waals surface area (Å²) < 4.78 is 5.19. The van der Waals surface area contributed by atoms with Gasteiger partial charge in [-0.1, -0.05) is 60.7 Å². The van der Waals surface area contributed by atoms with Gasteiger partial charge in [-0.3, -0.25) is 19.2 Å². The molecular formula is C27H27N3O5. The van der Waals surface area contributed by atoms with Crippen LogP contribution in [-0.2, 0) is 38.7 Å². The summed E-state index contributed by atoms with van der Waals surface area (Å²) >= 11 is 0. The van der Waals surface area contributed by atoms with Gasteiger partial charge in [0, 0.05) is 19.4 Å². The Morgan fingerprint density at radius 3 is 2.29 bits per heavy atom. The van der Waals surface area contributed by atoms with Gasteiger partial charge in [-0.05, 0) is 29.7 Å². The Kier molecular flexibility index (Phi) is 7.72. The number of likely N-dealkylation sites (tertiary alicyclic amines) is 1. The molecule has 1 fully saturated rings. The van der Waals surface area contributed by atoms with E-state index in [1.807, 2.05) is 60.7 Å². The molecule has 2 heterocycles. The molecule has 0 saturated carbocycles. The van der Waals surface area contributed by atoms with E-state index in [0.717, 1.165) is 11.1 Å². The molecule has 0 aliphatic carbocycles. The molecule has 1 aliphatic heterocycles. The zero-order chi connectivity index (χ0) is 24.6. The fourth-order valence-corrected chi connectivity index (χ4v) is 4.14. The average molecular weight is 474 g/mol. The maximum absolute atomic E-state index is 13.3. The first kappa shape index (κ1) is 23.9. The Morgan fingerprint density at radius 2 is 1.63 bits per heavy atom. The number of furan rings is 1. The zero-order valence-corrected chi connectivity index (χ0v) is 19.2. The summed E-state index contributed by atoms with van der Waals surface area (Å²) in [6.07, 6.45) is 2.24. The lowest BCUT2D eigenvalue weighted by atomic mass is 10.0. The molecule has 3 aromatic rings. The third-order valence-corrected chi connectivity index (χ3v) is 5.97. The standard InChI is InChI=1S/C27H27N3O5/c31-24-14-13-23(30(24)18-20-10-5-2-6-11-20)26(33)29-22(16-19-8-3-1-4-9-19)25(32)27(34)28-17-21-12-7-15-35-21/h1-12,15,22-23H,13-14,16-18H2,(H,28,34)(H,29,33)/t22?,23-/m0/s1. The molecule has 4 rings (SSSR count). The van der Waals surface area contributed by atoms with Gasteiger partial charge in [0.2, 0.25) is 17.6 Å². The minimum atomic E-state index is -1.07. The third kappa shape index (κ3) is 6.23. The van der Waals surface area contributed by atoms with Crippen LogP contribution in [0.5, 0.6) is 0 Å². The van der Waals surface area contributed by atoms with Crippen molar-refractivity contribution >= 4 is 23.5 Å².